The molecule has 0 aromatic heterocycles. The second-order valence-electron chi connectivity index (χ2n) is 6.17. The largest absolute Gasteiger partial charge is 0.462 e. The molecule has 2 heterocycles. The Morgan fingerprint density at radius 2 is 1.83 bits per heavy atom. The first-order chi connectivity index (χ1) is 11.0. The maximum Gasteiger partial charge on any atom is 0.338 e. The van der Waals surface area contributed by atoms with Crippen molar-refractivity contribution < 1.29 is 17.9 Å². The molecule has 7 heteroatoms. The van der Waals surface area contributed by atoms with E-state index in [0.29, 0.717) is 24.3 Å². The van der Waals surface area contributed by atoms with Gasteiger partial charge in [0.2, 0.25) is 10.0 Å². The Hall–Kier alpha value is -1.44. The summed E-state index contributed by atoms with van der Waals surface area (Å²) in [6.45, 7) is 2.02. The molecule has 2 atom stereocenters. The molecule has 0 radical (unpaired) electrons. The van der Waals surface area contributed by atoms with Crippen LogP contribution in [0.15, 0.2) is 29.2 Å². The highest BCUT2D eigenvalue weighted by atomic mass is 32.2. The average molecular weight is 338 g/mol. The number of nitrogens with one attached hydrogen (secondary N) is 2. The number of benzene rings is 1. The van der Waals surface area contributed by atoms with Crippen LogP contribution in [0.5, 0.6) is 0 Å². The first kappa shape index (κ1) is 16.4. The molecule has 0 aliphatic carbocycles. The summed E-state index contributed by atoms with van der Waals surface area (Å²) in [6, 6.07) is 6.69. The fraction of sp³-hybridized carbons (Fsp3) is 0.562. The molecule has 0 spiro atoms. The van der Waals surface area contributed by atoms with Gasteiger partial charge in [-0.05, 0) is 56.9 Å². The third-order valence-electron chi connectivity index (χ3n) is 4.47. The van der Waals surface area contributed by atoms with Gasteiger partial charge >= 0.3 is 5.97 Å². The normalized spacial score (nSPS) is 26.9. The van der Waals surface area contributed by atoms with Gasteiger partial charge in [-0.15, -0.1) is 0 Å². The summed E-state index contributed by atoms with van der Waals surface area (Å²) in [5, 5.41) is 3.49. The monoisotopic (exact) mass is 338 g/mol. The van der Waals surface area contributed by atoms with Gasteiger partial charge in [0.15, 0.2) is 0 Å². The Kier molecular flexibility index (Phi) is 4.70. The molecule has 2 unspecified atom stereocenters. The molecule has 126 valence electrons. The number of hydrogen-bond donors (Lipinski definition) is 2. The number of esters is 1. The minimum Gasteiger partial charge on any atom is -0.462 e. The van der Waals surface area contributed by atoms with Crippen LogP contribution < -0.4 is 10.0 Å². The summed E-state index contributed by atoms with van der Waals surface area (Å²) in [5.41, 5.74) is 0.353. The molecular formula is C16H22N2O4S. The van der Waals surface area contributed by atoms with E-state index >= 15 is 0 Å². The Balaban J connectivity index is 1.68. The van der Waals surface area contributed by atoms with E-state index in [4.69, 9.17) is 4.74 Å². The van der Waals surface area contributed by atoms with E-state index in [2.05, 4.69) is 10.0 Å². The zero-order chi connectivity index (χ0) is 16.4. The molecule has 2 saturated heterocycles. The number of rotatable bonds is 5. The fourth-order valence-corrected chi connectivity index (χ4v) is 4.69. The molecule has 2 fully saturated rings. The van der Waals surface area contributed by atoms with Crippen LogP contribution in [0.25, 0.3) is 0 Å². The number of sulfonamides is 1. The average Bonchev–Trinajstić information content (AvgIpc) is 2.86. The second kappa shape index (κ2) is 6.59. The maximum atomic E-state index is 12.5. The first-order valence-electron chi connectivity index (χ1n) is 8.03. The van der Waals surface area contributed by atoms with Gasteiger partial charge in [0.25, 0.3) is 0 Å². The SMILES string of the molecule is CCOC(=O)c1ccc(S(=O)(=O)NC2CC3CCC(C2)N3)cc1. The van der Waals surface area contributed by atoms with Crippen LogP contribution in [-0.2, 0) is 14.8 Å². The summed E-state index contributed by atoms with van der Waals surface area (Å²) < 4.78 is 32.7. The highest BCUT2D eigenvalue weighted by Crippen LogP contribution is 2.27. The number of carbonyl (C=O) groups is 1. The van der Waals surface area contributed by atoms with Gasteiger partial charge in [-0.2, -0.15) is 0 Å². The minimum absolute atomic E-state index is 0.0246. The molecule has 1 aromatic rings. The highest BCUT2D eigenvalue weighted by Gasteiger charge is 2.35. The predicted octanol–water partition coefficient (Wildman–Crippen LogP) is 1.42. The topological polar surface area (TPSA) is 84.5 Å². The van der Waals surface area contributed by atoms with Crippen molar-refractivity contribution >= 4 is 16.0 Å². The van der Waals surface area contributed by atoms with Gasteiger partial charge in [-0.1, -0.05) is 0 Å². The van der Waals surface area contributed by atoms with Gasteiger partial charge in [0.1, 0.15) is 0 Å². The smallest absolute Gasteiger partial charge is 0.338 e. The lowest BCUT2D eigenvalue weighted by Gasteiger charge is -2.29. The third-order valence-corrected chi connectivity index (χ3v) is 6.01. The van der Waals surface area contributed by atoms with Crippen molar-refractivity contribution in [2.24, 2.45) is 0 Å². The molecule has 2 bridgehead atoms. The maximum absolute atomic E-state index is 12.5. The Morgan fingerprint density at radius 3 is 2.39 bits per heavy atom. The standard InChI is InChI=1S/C16H22N2O4S/c1-2-22-16(19)11-3-7-15(8-4-11)23(20,21)18-14-9-12-5-6-13(10-14)17-12/h3-4,7-8,12-14,17-18H,2,5-6,9-10H2,1H3. The van der Waals surface area contributed by atoms with Crippen molar-refractivity contribution in [3.63, 3.8) is 0 Å². The van der Waals surface area contributed by atoms with E-state index in [1.807, 2.05) is 0 Å². The zero-order valence-electron chi connectivity index (χ0n) is 13.1. The van der Waals surface area contributed by atoms with Gasteiger partial charge in [-0.25, -0.2) is 17.9 Å². The van der Waals surface area contributed by atoms with E-state index in [1.165, 1.54) is 24.3 Å². The van der Waals surface area contributed by atoms with Crippen molar-refractivity contribution in [3.8, 4) is 0 Å². The lowest BCUT2D eigenvalue weighted by atomic mass is 10.0. The van der Waals surface area contributed by atoms with Gasteiger partial charge < -0.3 is 10.1 Å². The van der Waals surface area contributed by atoms with Gasteiger partial charge in [0.05, 0.1) is 17.1 Å². The first-order valence-corrected chi connectivity index (χ1v) is 9.52. The molecule has 1 aromatic carbocycles. The van der Waals surface area contributed by atoms with E-state index in [-0.39, 0.29) is 10.9 Å². The number of piperidine rings is 1. The van der Waals surface area contributed by atoms with Crippen molar-refractivity contribution in [3.05, 3.63) is 29.8 Å². The Labute approximate surface area is 136 Å². The Morgan fingerprint density at radius 1 is 1.22 bits per heavy atom. The zero-order valence-corrected chi connectivity index (χ0v) is 13.9. The van der Waals surface area contributed by atoms with Gasteiger partial charge in [0, 0.05) is 18.1 Å². The van der Waals surface area contributed by atoms with Crippen molar-refractivity contribution in [1.82, 2.24) is 10.0 Å². The quantitative estimate of drug-likeness (QED) is 0.793. The molecule has 0 amide bonds. The predicted molar refractivity (Wildman–Crippen MR) is 85.7 cm³/mol. The molecule has 23 heavy (non-hydrogen) atoms. The van der Waals surface area contributed by atoms with Crippen LogP contribution in [0.4, 0.5) is 0 Å². The fourth-order valence-electron chi connectivity index (χ4n) is 3.43. The summed E-state index contributed by atoms with van der Waals surface area (Å²) in [4.78, 5) is 11.8. The second-order valence-corrected chi connectivity index (χ2v) is 7.89. The van der Waals surface area contributed by atoms with Crippen LogP contribution in [0.2, 0.25) is 0 Å². The number of fused-ring (bicyclic) bond motifs is 2. The van der Waals surface area contributed by atoms with E-state index in [9.17, 15) is 13.2 Å². The molecule has 2 aliphatic rings. The summed E-state index contributed by atoms with van der Waals surface area (Å²) in [7, 11) is -3.56. The minimum atomic E-state index is -3.56. The van der Waals surface area contributed by atoms with Crippen molar-refractivity contribution in [2.75, 3.05) is 6.61 Å². The number of ether oxygens (including phenoxy) is 1. The molecule has 6 nitrogen and oxygen atoms in total. The molecule has 2 N–H and O–H groups in total. The van der Waals surface area contributed by atoms with Gasteiger partial charge in [-0.3, -0.25) is 0 Å². The van der Waals surface area contributed by atoms with Crippen LogP contribution in [-0.4, -0.2) is 39.1 Å². The Bertz CT molecular complexity index is 660. The lowest BCUT2D eigenvalue weighted by Crippen LogP contribution is -2.47. The number of hydrogen-bond acceptors (Lipinski definition) is 5. The van der Waals surface area contributed by atoms with Crippen LogP contribution in [0.3, 0.4) is 0 Å². The molecule has 2 aliphatic heterocycles. The van der Waals surface area contributed by atoms with E-state index in [0.717, 1.165) is 25.7 Å². The van der Waals surface area contributed by atoms with E-state index in [1.54, 1.807) is 6.92 Å². The van der Waals surface area contributed by atoms with Crippen LogP contribution in [0.1, 0.15) is 43.0 Å². The summed E-state index contributed by atoms with van der Waals surface area (Å²) >= 11 is 0. The van der Waals surface area contributed by atoms with Crippen LogP contribution >= 0.6 is 0 Å². The third kappa shape index (κ3) is 3.73. The van der Waals surface area contributed by atoms with Crippen LogP contribution in [0, 0.1) is 0 Å². The molecule has 3 rings (SSSR count). The summed E-state index contributed by atoms with van der Waals surface area (Å²) in [6.07, 6.45) is 3.90. The lowest BCUT2D eigenvalue weighted by molar-refractivity contribution is 0.0526. The van der Waals surface area contributed by atoms with Crippen molar-refractivity contribution in [1.29, 1.82) is 0 Å². The van der Waals surface area contributed by atoms with Crippen molar-refractivity contribution in [2.45, 2.75) is 55.6 Å². The summed E-state index contributed by atoms with van der Waals surface area (Å²) in [5.74, 6) is -0.445. The highest BCUT2D eigenvalue weighted by molar-refractivity contribution is 7.89. The number of carbonyl (C=O) groups excluding carboxylic acids is 1. The molecule has 0 saturated carbocycles. The molecular weight excluding hydrogens is 316 g/mol. The van der Waals surface area contributed by atoms with E-state index < -0.39 is 16.0 Å².